The van der Waals surface area contributed by atoms with Crippen LogP contribution in [-0.2, 0) is 11.2 Å². The Morgan fingerprint density at radius 1 is 0.833 bits per heavy atom. The molecule has 4 rings (SSSR count). The number of aliphatic hydroxyl groups excluding tert-OH is 1. The van der Waals surface area contributed by atoms with Gasteiger partial charge in [0.2, 0.25) is 0 Å². The highest BCUT2D eigenvalue weighted by molar-refractivity contribution is 6.25. The van der Waals surface area contributed by atoms with Crippen molar-refractivity contribution < 1.29 is 19.1 Å². The summed E-state index contributed by atoms with van der Waals surface area (Å²) in [7, 11) is 0. The summed E-state index contributed by atoms with van der Waals surface area (Å²) < 4.78 is 6.03. The van der Waals surface area contributed by atoms with Gasteiger partial charge < -0.3 is 9.52 Å². The number of Topliss-reactive ketones (excluding diaryl/α,β-unsaturated/α-hetero) is 2. The van der Waals surface area contributed by atoms with E-state index >= 15 is 0 Å². The number of fused-ring (bicyclic) bond motifs is 1. The number of hydrogen-bond donors (Lipinski definition) is 1. The Labute approximate surface area is 139 Å². The van der Waals surface area contributed by atoms with E-state index in [0.717, 1.165) is 12.0 Å². The first-order chi connectivity index (χ1) is 11.7. The molecule has 4 heteroatoms. The number of carbonyl (C=O) groups is 2. The predicted octanol–water partition coefficient (Wildman–Crippen LogP) is 4.49. The van der Waals surface area contributed by atoms with Gasteiger partial charge in [-0.3, -0.25) is 9.59 Å². The molecule has 0 saturated heterocycles. The zero-order valence-corrected chi connectivity index (χ0v) is 13.3. The third-order valence-corrected chi connectivity index (χ3v) is 4.74. The molecule has 0 spiro atoms. The molecule has 122 valence electrons. The second-order valence-electron chi connectivity index (χ2n) is 6.35. The first-order valence-corrected chi connectivity index (χ1v) is 8.37. The zero-order chi connectivity index (χ0) is 16.7. The van der Waals surface area contributed by atoms with E-state index < -0.39 is 0 Å². The Morgan fingerprint density at radius 3 is 2.29 bits per heavy atom. The van der Waals surface area contributed by atoms with Gasteiger partial charge in [0, 0.05) is 36.8 Å². The van der Waals surface area contributed by atoms with Crippen molar-refractivity contribution in [3.63, 3.8) is 0 Å². The van der Waals surface area contributed by atoms with Gasteiger partial charge in [-0.25, -0.2) is 0 Å². The van der Waals surface area contributed by atoms with Gasteiger partial charge in [0.05, 0.1) is 11.1 Å². The molecule has 1 aromatic carbocycles. The molecule has 0 radical (unpaired) electrons. The minimum Gasteiger partial charge on any atom is -0.512 e. The minimum absolute atomic E-state index is 0.00384. The van der Waals surface area contributed by atoms with Gasteiger partial charge in [-0.1, -0.05) is 30.3 Å². The summed E-state index contributed by atoms with van der Waals surface area (Å²) in [5, 5.41) is 10.4. The van der Waals surface area contributed by atoms with Crippen molar-refractivity contribution in [2.45, 2.75) is 38.5 Å². The topological polar surface area (TPSA) is 67.5 Å². The SMILES string of the molecule is O=C1CCCC(O)=C1c1c(-c2ccccc2)oc2c1C(=O)CCC2. The fourth-order valence-electron chi connectivity index (χ4n) is 3.63. The molecule has 1 heterocycles. The second kappa shape index (κ2) is 5.78. The van der Waals surface area contributed by atoms with Gasteiger partial charge in [-0.2, -0.15) is 0 Å². The standard InChI is InChI=1S/C20H18O4/c21-13-8-4-9-14(22)17(13)19-18-15(23)10-5-11-16(18)24-20(19)12-6-2-1-3-7-12/h1-3,6-7,21H,4-5,8-11H2. The lowest BCUT2D eigenvalue weighted by atomic mass is 9.84. The number of benzene rings is 1. The van der Waals surface area contributed by atoms with Crippen LogP contribution in [-0.4, -0.2) is 16.7 Å². The van der Waals surface area contributed by atoms with Crippen molar-refractivity contribution in [1.29, 1.82) is 0 Å². The van der Waals surface area contributed by atoms with Crippen molar-refractivity contribution in [2.24, 2.45) is 0 Å². The third kappa shape index (κ3) is 2.30. The number of aliphatic hydroxyl groups is 1. The summed E-state index contributed by atoms with van der Waals surface area (Å²) >= 11 is 0. The maximum atomic E-state index is 12.5. The average Bonchev–Trinajstić information content (AvgIpc) is 2.96. The summed E-state index contributed by atoms with van der Waals surface area (Å²) in [6.45, 7) is 0. The molecular weight excluding hydrogens is 304 g/mol. The summed E-state index contributed by atoms with van der Waals surface area (Å²) in [5.41, 5.74) is 2.09. The maximum Gasteiger partial charge on any atom is 0.167 e. The number of rotatable bonds is 2. The van der Waals surface area contributed by atoms with E-state index in [1.165, 1.54) is 0 Å². The predicted molar refractivity (Wildman–Crippen MR) is 89.8 cm³/mol. The van der Waals surface area contributed by atoms with Crippen LogP contribution < -0.4 is 0 Å². The fourth-order valence-corrected chi connectivity index (χ4v) is 3.63. The van der Waals surface area contributed by atoms with E-state index in [9.17, 15) is 14.7 Å². The number of allylic oxidation sites excluding steroid dienone is 2. The first kappa shape index (κ1) is 14.9. The van der Waals surface area contributed by atoms with E-state index in [2.05, 4.69) is 0 Å². The number of aryl methyl sites for hydroxylation is 1. The zero-order valence-electron chi connectivity index (χ0n) is 13.3. The molecule has 2 aromatic rings. The highest BCUT2D eigenvalue weighted by atomic mass is 16.3. The number of furan rings is 1. The maximum absolute atomic E-state index is 12.5. The first-order valence-electron chi connectivity index (χ1n) is 8.37. The van der Waals surface area contributed by atoms with Gasteiger partial charge in [0.15, 0.2) is 11.6 Å². The Bertz CT molecular complexity index is 855. The molecule has 0 atom stereocenters. The van der Waals surface area contributed by atoms with Crippen molar-refractivity contribution >= 4 is 17.1 Å². The van der Waals surface area contributed by atoms with Crippen LogP contribution in [0, 0.1) is 0 Å². The van der Waals surface area contributed by atoms with Crippen LogP contribution >= 0.6 is 0 Å². The summed E-state index contributed by atoms with van der Waals surface area (Å²) in [4.78, 5) is 25.0. The van der Waals surface area contributed by atoms with Crippen molar-refractivity contribution in [3.05, 3.63) is 53.0 Å². The molecule has 4 nitrogen and oxygen atoms in total. The summed E-state index contributed by atoms with van der Waals surface area (Å²) in [6.07, 6.45) is 3.39. The normalized spacial score (nSPS) is 18.0. The fraction of sp³-hybridized carbons (Fsp3) is 0.300. The van der Waals surface area contributed by atoms with E-state index in [0.29, 0.717) is 54.8 Å². The Morgan fingerprint density at radius 2 is 1.54 bits per heavy atom. The molecule has 2 aliphatic carbocycles. The third-order valence-electron chi connectivity index (χ3n) is 4.74. The number of hydrogen-bond acceptors (Lipinski definition) is 4. The average molecular weight is 322 g/mol. The molecule has 24 heavy (non-hydrogen) atoms. The van der Waals surface area contributed by atoms with Crippen LogP contribution in [0.25, 0.3) is 16.9 Å². The highest BCUT2D eigenvalue weighted by Crippen LogP contribution is 2.42. The molecule has 0 amide bonds. The smallest absolute Gasteiger partial charge is 0.167 e. The molecule has 0 bridgehead atoms. The van der Waals surface area contributed by atoms with Crippen LogP contribution in [0.15, 0.2) is 40.5 Å². The monoisotopic (exact) mass is 322 g/mol. The lowest BCUT2D eigenvalue weighted by molar-refractivity contribution is -0.114. The van der Waals surface area contributed by atoms with Gasteiger partial charge in [-0.15, -0.1) is 0 Å². The summed E-state index contributed by atoms with van der Waals surface area (Å²) in [6, 6.07) is 9.46. The van der Waals surface area contributed by atoms with Crippen molar-refractivity contribution in [1.82, 2.24) is 0 Å². The number of carbonyl (C=O) groups excluding carboxylic acids is 2. The lowest BCUT2D eigenvalue weighted by Crippen LogP contribution is -2.16. The quantitative estimate of drug-likeness (QED) is 0.884. The van der Waals surface area contributed by atoms with Crippen LogP contribution in [0.5, 0.6) is 0 Å². The second-order valence-corrected chi connectivity index (χ2v) is 6.35. The Kier molecular flexibility index (Phi) is 3.60. The van der Waals surface area contributed by atoms with Crippen molar-refractivity contribution in [2.75, 3.05) is 0 Å². The summed E-state index contributed by atoms with van der Waals surface area (Å²) in [5.74, 6) is 1.12. The van der Waals surface area contributed by atoms with E-state index in [1.54, 1.807) is 0 Å². The van der Waals surface area contributed by atoms with Crippen molar-refractivity contribution in [3.8, 4) is 11.3 Å². The van der Waals surface area contributed by atoms with Gasteiger partial charge in [0.25, 0.3) is 0 Å². The molecule has 0 unspecified atom stereocenters. The molecular formula is C20H18O4. The molecule has 0 aliphatic heterocycles. The Hall–Kier alpha value is -2.62. The lowest BCUT2D eigenvalue weighted by Gasteiger charge is -2.17. The van der Waals surface area contributed by atoms with Crippen LogP contribution in [0.1, 0.15) is 53.8 Å². The van der Waals surface area contributed by atoms with Crippen LogP contribution in [0.4, 0.5) is 0 Å². The highest BCUT2D eigenvalue weighted by Gasteiger charge is 2.35. The number of ketones is 2. The Balaban J connectivity index is 2.02. The largest absolute Gasteiger partial charge is 0.512 e. The molecule has 0 fully saturated rings. The van der Waals surface area contributed by atoms with E-state index in [1.807, 2.05) is 30.3 Å². The molecule has 1 aromatic heterocycles. The molecule has 0 saturated carbocycles. The van der Waals surface area contributed by atoms with Gasteiger partial charge in [-0.05, 0) is 12.8 Å². The van der Waals surface area contributed by atoms with Crippen LogP contribution in [0.3, 0.4) is 0 Å². The van der Waals surface area contributed by atoms with Gasteiger partial charge in [0.1, 0.15) is 17.3 Å². The van der Waals surface area contributed by atoms with Crippen LogP contribution in [0.2, 0.25) is 0 Å². The molecule has 1 N–H and O–H groups in total. The van der Waals surface area contributed by atoms with Gasteiger partial charge >= 0.3 is 0 Å². The van der Waals surface area contributed by atoms with E-state index in [4.69, 9.17) is 4.42 Å². The van der Waals surface area contributed by atoms with E-state index in [-0.39, 0.29) is 22.9 Å². The molecule has 2 aliphatic rings. The minimum atomic E-state index is -0.113.